The zero-order valence-corrected chi connectivity index (χ0v) is 17.3. The van der Waals surface area contributed by atoms with Crippen molar-refractivity contribution in [3.05, 3.63) is 41.7 Å². The summed E-state index contributed by atoms with van der Waals surface area (Å²) in [6.45, 7) is 0.800. The number of nitrogens with zero attached hydrogens (tertiary/aromatic N) is 5. The molecule has 2 aliphatic heterocycles. The van der Waals surface area contributed by atoms with Gasteiger partial charge in [-0.1, -0.05) is 17.3 Å². The fourth-order valence-corrected chi connectivity index (χ4v) is 4.20. The first-order valence-corrected chi connectivity index (χ1v) is 10.3. The first-order valence-electron chi connectivity index (χ1n) is 10.3. The molecule has 2 aromatic rings. The maximum atomic E-state index is 14.2. The smallest absolute Gasteiger partial charge is 0.276 e. The van der Waals surface area contributed by atoms with Crippen LogP contribution in [0.25, 0.3) is 0 Å². The van der Waals surface area contributed by atoms with Crippen molar-refractivity contribution in [1.29, 1.82) is 0 Å². The number of carbonyl (C=O) groups is 2. The summed E-state index contributed by atoms with van der Waals surface area (Å²) in [4.78, 5) is 28.2. The minimum Gasteiger partial charge on any atom is -0.497 e. The number of benzene rings is 1. The van der Waals surface area contributed by atoms with Gasteiger partial charge in [-0.15, -0.1) is 5.10 Å². The zero-order chi connectivity index (χ0) is 22.0. The predicted octanol–water partition coefficient (Wildman–Crippen LogP) is 2.00. The van der Waals surface area contributed by atoms with Gasteiger partial charge in [-0.2, -0.15) is 0 Å². The minimum atomic E-state index is -2.97. The van der Waals surface area contributed by atoms with Crippen LogP contribution in [0.1, 0.15) is 35.3 Å². The number of halogens is 2. The number of hydrogen-bond donors (Lipinski definition) is 0. The molecule has 1 aromatic heterocycles. The Bertz CT molecular complexity index is 958. The number of alkyl halides is 2. The maximum Gasteiger partial charge on any atom is 0.276 e. The van der Waals surface area contributed by atoms with Crippen LogP contribution in [0, 0.1) is 0 Å². The Balaban J connectivity index is 1.45. The lowest BCUT2D eigenvalue weighted by Crippen LogP contribution is -2.39. The molecule has 1 aromatic carbocycles. The van der Waals surface area contributed by atoms with E-state index in [1.807, 2.05) is 0 Å². The third-order valence-electron chi connectivity index (χ3n) is 5.74. The van der Waals surface area contributed by atoms with Crippen LogP contribution in [0.15, 0.2) is 30.5 Å². The van der Waals surface area contributed by atoms with Crippen molar-refractivity contribution in [3.63, 3.8) is 0 Å². The molecule has 166 valence electrons. The number of likely N-dealkylation sites (tertiary alicyclic amines) is 2. The molecule has 3 heterocycles. The lowest BCUT2D eigenvalue weighted by Gasteiger charge is -2.24. The van der Waals surface area contributed by atoms with E-state index in [0.29, 0.717) is 24.4 Å². The summed E-state index contributed by atoms with van der Waals surface area (Å²) < 4.78 is 34.9. The highest BCUT2D eigenvalue weighted by atomic mass is 19.3. The summed E-state index contributed by atoms with van der Waals surface area (Å²) >= 11 is 0. The van der Waals surface area contributed by atoms with Gasteiger partial charge in [-0.25, -0.2) is 13.5 Å². The number of hydrogen-bond acceptors (Lipinski definition) is 5. The SMILES string of the molecule is COc1cccc(CC(=O)N2CC(F)(F)C[C@H]2Cn2cc(C(=O)N3CCCC3)nn2)c1. The van der Waals surface area contributed by atoms with Crippen molar-refractivity contribution in [2.45, 2.75) is 44.2 Å². The Morgan fingerprint density at radius 3 is 2.77 bits per heavy atom. The van der Waals surface area contributed by atoms with Crippen molar-refractivity contribution < 1.29 is 23.1 Å². The number of rotatable bonds is 6. The van der Waals surface area contributed by atoms with E-state index < -0.39 is 24.9 Å². The average molecular weight is 433 g/mol. The Morgan fingerprint density at radius 1 is 1.26 bits per heavy atom. The molecule has 0 unspecified atom stereocenters. The fraction of sp³-hybridized carbons (Fsp3) is 0.524. The number of ether oxygens (including phenoxy) is 1. The van der Waals surface area contributed by atoms with E-state index in [0.717, 1.165) is 12.8 Å². The largest absolute Gasteiger partial charge is 0.497 e. The lowest BCUT2D eigenvalue weighted by molar-refractivity contribution is -0.132. The summed E-state index contributed by atoms with van der Waals surface area (Å²) in [6, 6.07) is 6.26. The van der Waals surface area contributed by atoms with Gasteiger partial charge in [0.2, 0.25) is 5.91 Å². The molecule has 0 radical (unpaired) electrons. The molecule has 0 bridgehead atoms. The van der Waals surface area contributed by atoms with Crippen LogP contribution in [0.5, 0.6) is 5.75 Å². The molecule has 31 heavy (non-hydrogen) atoms. The molecular formula is C21H25F2N5O3. The van der Waals surface area contributed by atoms with Crippen LogP contribution in [-0.4, -0.2) is 75.3 Å². The summed E-state index contributed by atoms with van der Waals surface area (Å²) in [5.74, 6) is -2.95. The highest BCUT2D eigenvalue weighted by molar-refractivity contribution is 5.92. The molecule has 10 heteroatoms. The molecule has 1 atom stereocenters. The van der Waals surface area contributed by atoms with Crippen molar-refractivity contribution in [2.24, 2.45) is 0 Å². The van der Waals surface area contributed by atoms with Crippen LogP contribution in [0.4, 0.5) is 8.78 Å². The van der Waals surface area contributed by atoms with Gasteiger partial charge in [0, 0.05) is 19.5 Å². The highest BCUT2D eigenvalue weighted by Gasteiger charge is 2.47. The quantitative estimate of drug-likeness (QED) is 0.696. The summed E-state index contributed by atoms with van der Waals surface area (Å²) in [5, 5.41) is 7.85. The second kappa shape index (κ2) is 8.60. The van der Waals surface area contributed by atoms with E-state index in [4.69, 9.17) is 4.74 Å². The molecule has 0 N–H and O–H groups in total. The predicted molar refractivity (Wildman–Crippen MR) is 107 cm³/mol. The number of carbonyl (C=O) groups excluding carboxylic acids is 2. The second-order valence-electron chi connectivity index (χ2n) is 8.09. The first-order chi connectivity index (χ1) is 14.8. The van der Waals surface area contributed by atoms with Gasteiger partial charge in [0.05, 0.1) is 38.9 Å². The second-order valence-corrected chi connectivity index (χ2v) is 8.09. The van der Waals surface area contributed by atoms with Crippen LogP contribution in [0.2, 0.25) is 0 Å². The molecule has 2 amide bonds. The summed E-state index contributed by atoms with van der Waals surface area (Å²) in [6.07, 6.45) is 2.94. The van der Waals surface area contributed by atoms with E-state index in [1.54, 1.807) is 29.2 Å². The van der Waals surface area contributed by atoms with Gasteiger partial charge in [-0.05, 0) is 30.5 Å². The maximum absolute atomic E-state index is 14.2. The van der Waals surface area contributed by atoms with Crippen LogP contribution in [-0.2, 0) is 17.8 Å². The molecule has 0 saturated carbocycles. The zero-order valence-electron chi connectivity index (χ0n) is 17.3. The summed E-state index contributed by atoms with van der Waals surface area (Å²) in [5.41, 5.74) is 0.887. The van der Waals surface area contributed by atoms with Crippen molar-refractivity contribution >= 4 is 11.8 Å². The van der Waals surface area contributed by atoms with E-state index in [9.17, 15) is 18.4 Å². The highest BCUT2D eigenvalue weighted by Crippen LogP contribution is 2.33. The normalized spacial score (nSPS) is 20.3. The molecule has 4 rings (SSSR count). The Kier molecular flexibility index (Phi) is 5.88. The molecule has 2 saturated heterocycles. The number of methoxy groups -OCH3 is 1. The minimum absolute atomic E-state index is 0.000166. The standard InChI is InChI=1S/C21H25F2N5O3/c1-31-17-6-4-5-15(9-17)10-19(29)28-14-21(22,23)11-16(28)12-27-13-18(24-25-27)20(30)26-7-2-3-8-26/h4-6,9,13,16H,2-3,7-8,10-12,14H2,1H3/t16-/m0/s1. The van der Waals surface area contributed by atoms with Gasteiger partial charge in [0.25, 0.3) is 11.8 Å². The molecule has 2 fully saturated rings. The van der Waals surface area contributed by atoms with E-state index >= 15 is 0 Å². The molecule has 0 spiro atoms. The molecule has 2 aliphatic rings. The van der Waals surface area contributed by atoms with E-state index in [2.05, 4.69) is 10.3 Å². The Morgan fingerprint density at radius 2 is 2.03 bits per heavy atom. The van der Waals surface area contributed by atoms with Gasteiger partial charge in [0.15, 0.2) is 5.69 Å². The van der Waals surface area contributed by atoms with Crippen molar-refractivity contribution in [1.82, 2.24) is 24.8 Å². The third-order valence-corrected chi connectivity index (χ3v) is 5.74. The molecule has 0 aliphatic carbocycles. The number of amides is 2. The topological polar surface area (TPSA) is 80.6 Å². The van der Waals surface area contributed by atoms with Crippen LogP contribution >= 0.6 is 0 Å². The van der Waals surface area contributed by atoms with E-state index in [-0.39, 0.29) is 30.5 Å². The van der Waals surface area contributed by atoms with Gasteiger partial charge < -0.3 is 14.5 Å². The molecular weight excluding hydrogens is 408 g/mol. The third kappa shape index (κ3) is 4.83. The van der Waals surface area contributed by atoms with Gasteiger partial charge in [-0.3, -0.25) is 9.59 Å². The van der Waals surface area contributed by atoms with Gasteiger partial charge >= 0.3 is 0 Å². The number of aromatic nitrogens is 3. The lowest BCUT2D eigenvalue weighted by atomic mass is 10.1. The monoisotopic (exact) mass is 433 g/mol. The van der Waals surface area contributed by atoms with E-state index in [1.165, 1.54) is 22.9 Å². The van der Waals surface area contributed by atoms with Gasteiger partial charge in [0.1, 0.15) is 5.75 Å². The van der Waals surface area contributed by atoms with Crippen molar-refractivity contribution in [3.8, 4) is 5.75 Å². The van der Waals surface area contributed by atoms with Crippen molar-refractivity contribution in [2.75, 3.05) is 26.7 Å². The first kappa shape index (κ1) is 21.2. The summed E-state index contributed by atoms with van der Waals surface area (Å²) in [7, 11) is 1.53. The van der Waals surface area contributed by atoms with Crippen LogP contribution in [0.3, 0.4) is 0 Å². The fourth-order valence-electron chi connectivity index (χ4n) is 4.20. The Hall–Kier alpha value is -3.04. The Labute approximate surface area is 178 Å². The van der Waals surface area contributed by atoms with Crippen LogP contribution < -0.4 is 4.74 Å². The molecule has 8 nitrogen and oxygen atoms in total. The average Bonchev–Trinajstić information content (AvgIpc) is 3.48.